The molecule has 2 N–H and O–H groups in total. The molecule has 0 aliphatic rings. The fourth-order valence-electron chi connectivity index (χ4n) is 2.04. The Labute approximate surface area is 166 Å². The van der Waals surface area contributed by atoms with E-state index in [4.69, 9.17) is 44.9 Å². The molecule has 0 aliphatic heterocycles. The van der Waals surface area contributed by atoms with Crippen molar-refractivity contribution in [3.8, 4) is 11.5 Å². The second kappa shape index (κ2) is 9.43. The third kappa shape index (κ3) is 5.36. The van der Waals surface area contributed by atoms with Gasteiger partial charge in [0.25, 0.3) is 0 Å². The third-order valence-electron chi connectivity index (χ3n) is 3.27. The van der Waals surface area contributed by atoms with Crippen molar-refractivity contribution in [2.45, 2.75) is 0 Å². The van der Waals surface area contributed by atoms with Crippen LogP contribution < -0.4 is 20.1 Å². The van der Waals surface area contributed by atoms with E-state index < -0.39 is 5.91 Å². The highest BCUT2D eigenvalue weighted by molar-refractivity contribution is 7.80. The largest absolute Gasteiger partial charge is 0.493 e. The Morgan fingerprint density at radius 1 is 1.12 bits per heavy atom. The molecule has 0 saturated carbocycles. The predicted molar refractivity (Wildman–Crippen MR) is 109 cm³/mol. The summed E-state index contributed by atoms with van der Waals surface area (Å²) in [6.45, 7) is 0. The number of carbonyl (C=O) groups excluding carboxylic acids is 1. The first-order valence-electron chi connectivity index (χ1n) is 7.40. The quantitative estimate of drug-likeness (QED) is 0.559. The molecule has 0 saturated heterocycles. The SMILES string of the molecule is COc1ccc(C=CC(=O)NC(=S)Nc2cccc(Cl)c2Cl)cc1OC. The first-order valence-corrected chi connectivity index (χ1v) is 8.57. The van der Waals surface area contributed by atoms with Crippen LogP contribution in [0.15, 0.2) is 42.5 Å². The summed E-state index contributed by atoms with van der Waals surface area (Å²) in [6.07, 6.45) is 2.99. The third-order valence-corrected chi connectivity index (χ3v) is 4.29. The zero-order chi connectivity index (χ0) is 19.1. The number of thiocarbonyl (C=S) groups is 1. The van der Waals surface area contributed by atoms with Crippen LogP contribution >= 0.6 is 35.4 Å². The summed E-state index contributed by atoms with van der Waals surface area (Å²) in [7, 11) is 3.10. The average Bonchev–Trinajstić information content (AvgIpc) is 2.63. The minimum absolute atomic E-state index is 0.108. The normalized spacial score (nSPS) is 10.5. The van der Waals surface area contributed by atoms with Gasteiger partial charge in [-0.1, -0.05) is 35.3 Å². The maximum absolute atomic E-state index is 12.0. The molecule has 0 atom stereocenters. The zero-order valence-corrected chi connectivity index (χ0v) is 16.3. The van der Waals surface area contributed by atoms with E-state index in [-0.39, 0.29) is 5.11 Å². The highest BCUT2D eigenvalue weighted by Crippen LogP contribution is 2.29. The van der Waals surface area contributed by atoms with E-state index in [1.54, 1.807) is 56.7 Å². The van der Waals surface area contributed by atoms with Crippen LogP contribution in [0.25, 0.3) is 6.08 Å². The fraction of sp³-hybridized carbons (Fsp3) is 0.111. The molecule has 0 radical (unpaired) electrons. The van der Waals surface area contributed by atoms with Gasteiger partial charge in [0, 0.05) is 6.08 Å². The van der Waals surface area contributed by atoms with E-state index in [9.17, 15) is 4.79 Å². The molecule has 0 aliphatic carbocycles. The zero-order valence-electron chi connectivity index (χ0n) is 14.0. The van der Waals surface area contributed by atoms with Gasteiger partial charge < -0.3 is 14.8 Å². The first kappa shape index (κ1) is 20.0. The summed E-state index contributed by atoms with van der Waals surface area (Å²) in [5, 5.41) is 6.18. The van der Waals surface area contributed by atoms with E-state index >= 15 is 0 Å². The van der Waals surface area contributed by atoms with Crippen LogP contribution in [0.1, 0.15) is 5.56 Å². The molecule has 2 rings (SSSR count). The standard InChI is InChI=1S/C18H16Cl2N2O3S/c1-24-14-8-6-11(10-15(14)25-2)7-9-16(23)22-18(26)21-13-5-3-4-12(19)17(13)20/h3-10H,1-2H3,(H2,21,22,23,26). The Morgan fingerprint density at radius 2 is 1.85 bits per heavy atom. The lowest BCUT2D eigenvalue weighted by atomic mass is 10.2. The van der Waals surface area contributed by atoms with Crippen molar-refractivity contribution in [1.82, 2.24) is 5.32 Å². The molecule has 0 spiro atoms. The molecular weight excluding hydrogens is 395 g/mol. The number of halogens is 2. The smallest absolute Gasteiger partial charge is 0.250 e. The van der Waals surface area contributed by atoms with Gasteiger partial charge in [0.1, 0.15) is 0 Å². The first-order chi connectivity index (χ1) is 12.4. The molecule has 1 amide bonds. The minimum Gasteiger partial charge on any atom is -0.493 e. The van der Waals surface area contributed by atoms with Gasteiger partial charge in [-0.2, -0.15) is 0 Å². The molecule has 0 aromatic heterocycles. The molecule has 0 heterocycles. The molecule has 0 fully saturated rings. The van der Waals surface area contributed by atoms with Crippen LogP contribution in [0.3, 0.4) is 0 Å². The van der Waals surface area contributed by atoms with Crippen LogP contribution in [0.5, 0.6) is 11.5 Å². The maximum Gasteiger partial charge on any atom is 0.250 e. The Hall–Kier alpha value is -2.28. The molecule has 2 aromatic rings. The predicted octanol–water partition coefficient (Wildman–Crippen LogP) is 4.54. The summed E-state index contributed by atoms with van der Waals surface area (Å²) < 4.78 is 10.4. The highest BCUT2D eigenvalue weighted by atomic mass is 35.5. The summed E-state index contributed by atoms with van der Waals surface area (Å²) in [5.41, 5.74) is 1.28. The number of methoxy groups -OCH3 is 2. The molecule has 0 bridgehead atoms. The lowest BCUT2D eigenvalue weighted by Crippen LogP contribution is -2.32. The molecule has 26 heavy (non-hydrogen) atoms. The number of ether oxygens (including phenoxy) is 2. The van der Waals surface area contributed by atoms with E-state index in [2.05, 4.69) is 10.6 Å². The average molecular weight is 411 g/mol. The molecule has 5 nitrogen and oxygen atoms in total. The number of rotatable bonds is 5. The van der Waals surface area contributed by atoms with Crippen molar-refractivity contribution >= 4 is 58.2 Å². The molecule has 0 unspecified atom stereocenters. The van der Waals surface area contributed by atoms with Crippen LogP contribution in [-0.2, 0) is 4.79 Å². The Bertz CT molecular complexity index is 856. The second-order valence-corrected chi connectivity index (χ2v) is 6.19. The number of hydrogen-bond acceptors (Lipinski definition) is 4. The van der Waals surface area contributed by atoms with Gasteiger partial charge in [-0.05, 0) is 48.1 Å². The van der Waals surface area contributed by atoms with E-state index in [0.29, 0.717) is 27.2 Å². The van der Waals surface area contributed by atoms with Crippen LogP contribution in [0.2, 0.25) is 10.0 Å². The summed E-state index contributed by atoms with van der Waals surface area (Å²) in [5.74, 6) is 0.788. The van der Waals surface area contributed by atoms with Crippen molar-refractivity contribution < 1.29 is 14.3 Å². The molecule has 2 aromatic carbocycles. The molecule has 136 valence electrons. The summed E-state index contributed by atoms with van der Waals surface area (Å²) >= 11 is 17.1. The second-order valence-electron chi connectivity index (χ2n) is 4.99. The van der Waals surface area contributed by atoms with Crippen molar-refractivity contribution in [3.63, 3.8) is 0 Å². The van der Waals surface area contributed by atoms with E-state index in [1.165, 1.54) is 6.08 Å². The monoisotopic (exact) mass is 410 g/mol. The number of carbonyl (C=O) groups is 1. The van der Waals surface area contributed by atoms with E-state index in [0.717, 1.165) is 5.56 Å². The van der Waals surface area contributed by atoms with Gasteiger partial charge in [0.05, 0.1) is 30.0 Å². The lowest BCUT2D eigenvalue weighted by Gasteiger charge is -2.10. The van der Waals surface area contributed by atoms with Crippen molar-refractivity contribution in [2.75, 3.05) is 19.5 Å². The number of benzene rings is 2. The van der Waals surface area contributed by atoms with E-state index in [1.807, 2.05) is 0 Å². The Morgan fingerprint density at radius 3 is 2.54 bits per heavy atom. The topological polar surface area (TPSA) is 59.6 Å². The summed E-state index contributed by atoms with van der Waals surface area (Å²) in [6, 6.07) is 10.4. The molecule has 8 heteroatoms. The van der Waals surface area contributed by atoms with Crippen LogP contribution in [0.4, 0.5) is 5.69 Å². The van der Waals surface area contributed by atoms with Gasteiger partial charge in [0.2, 0.25) is 5.91 Å². The number of nitrogens with one attached hydrogen (secondary N) is 2. The van der Waals surface area contributed by atoms with Gasteiger partial charge in [0.15, 0.2) is 16.6 Å². The van der Waals surface area contributed by atoms with Crippen molar-refractivity contribution in [1.29, 1.82) is 0 Å². The number of anilines is 1. The van der Waals surface area contributed by atoms with Gasteiger partial charge in [-0.3, -0.25) is 10.1 Å². The lowest BCUT2D eigenvalue weighted by molar-refractivity contribution is -0.115. The minimum atomic E-state index is -0.393. The van der Waals surface area contributed by atoms with Crippen molar-refractivity contribution in [2.24, 2.45) is 0 Å². The fourth-order valence-corrected chi connectivity index (χ4v) is 2.59. The van der Waals surface area contributed by atoms with Gasteiger partial charge >= 0.3 is 0 Å². The molecular formula is C18H16Cl2N2O3S. The van der Waals surface area contributed by atoms with Crippen LogP contribution in [-0.4, -0.2) is 25.2 Å². The highest BCUT2D eigenvalue weighted by Gasteiger charge is 2.08. The van der Waals surface area contributed by atoms with Gasteiger partial charge in [-0.15, -0.1) is 0 Å². The Kier molecular flexibility index (Phi) is 7.26. The number of amides is 1. The Balaban J connectivity index is 1.98. The van der Waals surface area contributed by atoms with Crippen LogP contribution in [0, 0.1) is 0 Å². The van der Waals surface area contributed by atoms with Crippen molar-refractivity contribution in [3.05, 3.63) is 58.1 Å². The number of hydrogen-bond donors (Lipinski definition) is 2. The maximum atomic E-state index is 12.0. The van der Waals surface area contributed by atoms with Gasteiger partial charge in [-0.25, -0.2) is 0 Å². The summed E-state index contributed by atoms with van der Waals surface area (Å²) in [4.78, 5) is 12.0.